The Balaban J connectivity index is 2.29. The molecule has 0 aromatic heterocycles. The van der Waals surface area contributed by atoms with Crippen LogP contribution in [0.15, 0.2) is 70.0 Å². The Kier molecular flexibility index (Phi) is 7.18. The summed E-state index contributed by atoms with van der Waals surface area (Å²) in [6.45, 7) is 3.94. The number of para-hydroxylation sites is 2. The average molecular weight is 458 g/mol. The van der Waals surface area contributed by atoms with Gasteiger partial charge in [-0.25, -0.2) is 0 Å². The second kappa shape index (κ2) is 9.14. The molecular weight excluding hydrogens is 438 g/mol. The highest BCUT2D eigenvalue weighted by molar-refractivity contribution is 14.1. The molecule has 128 valence electrons. The summed E-state index contributed by atoms with van der Waals surface area (Å²) in [6, 6.07) is 17.8. The number of phosphoric acid groups is 1. The molecule has 2 aromatic carbocycles. The monoisotopic (exact) mass is 458 g/mol. The topological polar surface area (TPSA) is 44.8 Å². The molecule has 4 nitrogen and oxygen atoms in total. The van der Waals surface area contributed by atoms with E-state index in [4.69, 9.17) is 13.6 Å². The number of hydrogen-bond donors (Lipinski definition) is 0. The van der Waals surface area contributed by atoms with Gasteiger partial charge in [-0.1, -0.05) is 43.3 Å². The van der Waals surface area contributed by atoms with Gasteiger partial charge in [0.25, 0.3) is 0 Å². The van der Waals surface area contributed by atoms with E-state index in [1.165, 1.54) is 0 Å². The number of halogens is 1. The lowest BCUT2D eigenvalue weighted by atomic mass is 10.3. The molecule has 0 saturated carbocycles. The van der Waals surface area contributed by atoms with Crippen LogP contribution in [0, 0.1) is 0 Å². The van der Waals surface area contributed by atoms with Gasteiger partial charge >= 0.3 is 7.82 Å². The summed E-state index contributed by atoms with van der Waals surface area (Å²) < 4.78 is 31.1. The van der Waals surface area contributed by atoms with Crippen LogP contribution >= 0.6 is 30.4 Å². The molecule has 0 spiro atoms. The van der Waals surface area contributed by atoms with E-state index in [0.29, 0.717) is 23.7 Å². The summed E-state index contributed by atoms with van der Waals surface area (Å²) >= 11 is 2.15. The fraction of sp³-hybridized carbons (Fsp3) is 0.222. The Morgan fingerprint density at radius 2 is 1.42 bits per heavy atom. The van der Waals surface area contributed by atoms with Gasteiger partial charge in [0.05, 0.1) is 0 Å². The molecule has 0 aliphatic carbocycles. The highest BCUT2D eigenvalue weighted by Crippen LogP contribution is 2.52. The zero-order valence-electron chi connectivity index (χ0n) is 13.6. The lowest BCUT2D eigenvalue weighted by Crippen LogP contribution is -2.06. The van der Waals surface area contributed by atoms with E-state index >= 15 is 0 Å². The molecule has 2 rings (SSSR count). The molecule has 0 aliphatic rings. The van der Waals surface area contributed by atoms with Crippen LogP contribution in [0.2, 0.25) is 0 Å². The second-order valence-corrected chi connectivity index (χ2v) is 8.11. The summed E-state index contributed by atoms with van der Waals surface area (Å²) in [5, 5.41) is 0. The number of allylic oxidation sites excluding steroid dienone is 2. The molecule has 0 saturated heterocycles. The van der Waals surface area contributed by atoms with Crippen LogP contribution in [0.25, 0.3) is 0 Å². The van der Waals surface area contributed by atoms with Crippen molar-refractivity contribution in [3.63, 3.8) is 0 Å². The summed E-state index contributed by atoms with van der Waals surface area (Å²) in [5.74, 6) is 1.48. The molecular formula is C18H20IO4P. The van der Waals surface area contributed by atoms with Crippen molar-refractivity contribution in [2.45, 2.75) is 26.7 Å². The Bertz CT molecular complexity index is 667. The van der Waals surface area contributed by atoms with Crippen molar-refractivity contribution in [1.29, 1.82) is 0 Å². The third-order valence-corrected chi connectivity index (χ3v) is 4.92. The predicted molar refractivity (Wildman–Crippen MR) is 104 cm³/mol. The minimum absolute atomic E-state index is 0.429. The third-order valence-electron chi connectivity index (χ3n) is 3.00. The minimum Gasteiger partial charge on any atom is -0.390 e. The molecule has 0 aliphatic heterocycles. The maximum Gasteiger partial charge on any atom is 0.646 e. The van der Waals surface area contributed by atoms with Gasteiger partial charge in [-0.2, -0.15) is 4.57 Å². The first-order chi connectivity index (χ1) is 11.5. The molecule has 0 bridgehead atoms. The molecule has 2 aromatic rings. The van der Waals surface area contributed by atoms with Crippen LogP contribution in [-0.4, -0.2) is 0 Å². The van der Waals surface area contributed by atoms with Gasteiger partial charge in [-0.3, -0.25) is 0 Å². The smallest absolute Gasteiger partial charge is 0.390 e. The zero-order valence-corrected chi connectivity index (χ0v) is 16.7. The Hall–Kier alpha value is -1.46. The first kappa shape index (κ1) is 18.9. The van der Waals surface area contributed by atoms with Crippen molar-refractivity contribution in [1.82, 2.24) is 0 Å². The van der Waals surface area contributed by atoms with Crippen LogP contribution in [0.1, 0.15) is 26.7 Å². The fourth-order valence-electron chi connectivity index (χ4n) is 1.92. The van der Waals surface area contributed by atoms with Gasteiger partial charge in [0.15, 0.2) is 0 Å². The first-order valence-corrected chi connectivity index (χ1v) is 10.2. The molecule has 0 unspecified atom stereocenters. The van der Waals surface area contributed by atoms with Crippen LogP contribution in [0.3, 0.4) is 0 Å². The predicted octanol–water partition coefficient (Wildman–Crippen LogP) is 6.74. The van der Waals surface area contributed by atoms with Crippen molar-refractivity contribution in [2.24, 2.45) is 0 Å². The lowest BCUT2D eigenvalue weighted by molar-refractivity contribution is 0.250. The van der Waals surface area contributed by atoms with Crippen molar-refractivity contribution < 1.29 is 18.1 Å². The van der Waals surface area contributed by atoms with Crippen molar-refractivity contribution in [3.05, 3.63) is 70.0 Å². The van der Waals surface area contributed by atoms with Crippen LogP contribution in [0.4, 0.5) is 0 Å². The zero-order chi connectivity index (χ0) is 17.4. The fourth-order valence-corrected chi connectivity index (χ4v) is 3.84. The van der Waals surface area contributed by atoms with E-state index in [1.54, 1.807) is 48.5 Å². The largest absolute Gasteiger partial charge is 0.646 e. The van der Waals surface area contributed by atoms with E-state index in [1.807, 2.05) is 26.0 Å². The number of benzene rings is 2. The van der Waals surface area contributed by atoms with Gasteiger partial charge in [-0.05, 0) is 60.2 Å². The highest BCUT2D eigenvalue weighted by Gasteiger charge is 2.34. The molecule has 0 heterocycles. The van der Waals surface area contributed by atoms with Crippen LogP contribution in [0.5, 0.6) is 11.5 Å². The summed E-state index contributed by atoms with van der Waals surface area (Å²) in [5.41, 5.74) is 0. The van der Waals surface area contributed by atoms with E-state index < -0.39 is 7.82 Å². The van der Waals surface area contributed by atoms with E-state index in [9.17, 15) is 4.57 Å². The van der Waals surface area contributed by atoms with Gasteiger partial charge in [0.2, 0.25) is 0 Å². The summed E-state index contributed by atoms with van der Waals surface area (Å²) in [4.78, 5) is 0. The molecule has 6 heteroatoms. The number of hydrogen-bond acceptors (Lipinski definition) is 4. The molecule has 0 N–H and O–H groups in total. The van der Waals surface area contributed by atoms with Crippen LogP contribution < -0.4 is 9.05 Å². The number of phosphoric ester groups is 1. The second-order valence-electron chi connectivity index (χ2n) is 5.05. The highest BCUT2D eigenvalue weighted by atomic mass is 127. The van der Waals surface area contributed by atoms with E-state index in [2.05, 4.69) is 22.6 Å². The molecule has 0 radical (unpaired) electrons. The van der Waals surface area contributed by atoms with Crippen molar-refractivity contribution in [3.8, 4) is 11.5 Å². The average Bonchev–Trinajstić information content (AvgIpc) is 2.56. The Labute approximate surface area is 156 Å². The quantitative estimate of drug-likeness (QED) is 0.250. The summed E-state index contributed by atoms with van der Waals surface area (Å²) in [7, 11) is -3.87. The Morgan fingerprint density at radius 3 is 1.79 bits per heavy atom. The number of rotatable bonds is 8. The molecule has 0 atom stereocenters. The maximum absolute atomic E-state index is 13.2. The molecule has 0 amide bonds. The van der Waals surface area contributed by atoms with Crippen LogP contribution in [-0.2, 0) is 9.09 Å². The third kappa shape index (κ3) is 5.87. The van der Waals surface area contributed by atoms with Gasteiger partial charge in [0, 0.05) is 10.0 Å². The van der Waals surface area contributed by atoms with Crippen molar-refractivity contribution >= 4 is 30.4 Å². The van der Waals surface area contributed by atoms with Gasteiger partial charge in [-0.15, -0.1) is 0 Å². The normalized spacial score (nSPS) is 12.3. The Morgan fingerprint density at radius 1 is 0.958 bits per heavy atom. The molecule has 24 heavy (non-hydrogen) atoms. The SMILES string of the molecule is CCC/C(OP(=O)(Oc1ccccc1)Oc1ccccc1)=C(/C)I. The summed E-state index contributed by atoms with van der Waals surface area (Å²) in [6.07, 6.45) is 1.53. The first-order valence-electron chi connectivity index (χ1n) is 7.66. The molecule has 0 fully saturated rings. The van der Waals surface area contributed by atoms with E-state index in [0.717, 1.165) is 10.0 Å². The lowest BCUT2D eigenvalue weighted by Gasteiger charge is -2.21. The van der Waals surface area contributed by atoms with Gasteiger partial charge < -0.3 is 13.6 Å². The minimum atomic E-state index is -3.87. The standard InChI is InChI=1S/C18H20IO4P/c1-3-10-18(15(2)19)23-24(20,21-16-11-6-4-7-12-16)22-17-13-8-5-9-14-17/h4-9,11-14H,3,10H2,1-2H3/b18-15+. The van der Waals surface area contributed by atoms with E-state index in [-0.39, 0.29) is 0 Å². The van der Waals surface area contributed by atoms with Crippen molar-refractivity contribution in [2.75, 3.05) is 0 Å². The maximum atomic E-state index is 13.2. The van der Waals surface area contributed by atoms with Gasteiger partial charge in [0.1, 0.15) is 17.3 Å².